The Balaban J connectivity index is 2.10. The molecule has 1 heterocycles. The Labute approximate surface area is 106 Å². The molecule has 1 N–H and O–H groups in total. The number of nitrogens with zero attached hydrogens (tertiary/aromatic N) is 2. The maximum absolute atomic E-state index is 12.9. The molecule has 0 saturated carbocycles. The minimum Gasteiger partial charge on any atom is -0.396 e. The maximum atomic E-state index is 12.9. The summed E-state index contributed by atoms with van der Waals surface area (Å²) in [6.07, 6.45) is 0.579. The van der Waals surface area contributed by atoms with E-state index in [1.54, 1.807) is 29.0 Å². The fraction of sp³-hybridized carbons (Fsp3) is 0.462. The van der Waals surface area contributed by atoms with Gasteiger partial charge in [0, 0.05) is 26.7 Å². The summed E-state index contributed by atoms with van der Waals surface area (Å²) >= 11 is 0. The first kappa shape index (κ1) is 12.8. The third kappa shape index (κ3) is 2.46. The number of halogens is 1. The van der Waals surface area contributed by atoms with E-state index < -0.39 is 0 Å². The highest BCUT2D eigenvalue weighted by molar-refractivity contribution is 5.77. The van der Waals surface area contributed by atoms with Crippen molar-refractivity contribution in [2.75, 3.05) is 26.7 Å². The van der Waals surface area contributed by atoms with E-state index in [-0.39, 0.29) is 24.5 Å². The third-order valence-electron chi connectivity index (χ3n) is 3.27. The van der Waals surface area contributed by atoms with Gasteiger partial charge in [-0.2, -0.15) is 0 Å². The lowest BCUT2D eigenvalue weighted by molar-refractivity contribution is 0.191. The fourth-order valence-corrected chi connectivity index (χ4v) is 2.23. The van der Waals surface area contributed by atoms with Crippen LogP contribution in [0, 0.1) is 5.82 Å². The number of hydrogen-bond acceptors (Lipinski definition) is 2. The highest BCUT2D eigenvalue weighted by Gasteiger charge is 2.34. The summed E-state index contributed by atoms with van der Waals surface area (Å²) < 4.78 is 12.9. The Morgan fingerprint density at radius 2 is 2.06 bits per heavy atom. The van der Waals surface area contributed by atoms with Crippen molar-refractivity contribution in [1.82, 2.24) is 9.80 Å². The zero-order chi connectivity index (χ0) is 13.1. The van der Waals surface area contributed by atoms with Gasteiger partial charge in [0.25, 0.3) is 0 Å². The van der Waals surface area contributed by atoms with E-state index in [1.165, 1.54) is 12.1 Å². The van der Waals surface area contributed by atoms with Crippen molar-refractivity contribution in [2.24, 2.45) is 0 Å². The van der Waals surface area contributed by atoms with Gasteiger partial charge in [0.1, 0.15) is 5.82 Å². The largest absolute Gasteiger partial charge is 0.396 e. The summed E-state index contributed by atoms with van der Waals surface area (Å²) in [4.78, 5) is 15.3. The van der Waals surface area contributed by atoms with Crippen molar-refractivity contribution in [3.05, 3.63) is 35.6 Å². The molecule has 1 aromatic carbocycles. The van der Waals surface area contributed by atoms with Crippen LogP contribution in [-0.2, 0) is 0 Å². The zero-order valence-electron chi connectivity index (χ0n) is 10.3. The number of urea groups is 1. The number of aliphatic hydroxyl groups is 1. The van der Waals surface area contributed by atoms with Crippen LogP contribution in [0.2, 0.25) is 0 Å². The topological polar surface area (TPSA) is 43.8 Å². The first-order valence-corrected chi connectivity index (χ1v) is 6.01. The van der Waals surface area contributed by atoms with Crippen LogP contribution in [0.5, 0.6) is 0 Å². The van der Waals surface area contributed by atoms with Crippen LogP contribution in [0.3, 0.4) is 0 Å². The summed E-state index contributed by atoms with van der Waals surface area (Å²) in [7, 11) is 1.75. The van der Waals surface area contributed by atoms with E-state index in [0.717, 1.165) is 5.56 Å². The molecule has 1 aromatic rings. The number of amides is 2. The number of carbonyl (C=O) groups excluding carboxylic acids is 1. The lowest BCUT2D eigenvalue weighted by Crippen LogP contribution is -2.30. The van der Waals surface area contributed by atoms with Gasteiger partial charge in [0.15, 0.2) is 0 Å². The van der Waals surface area contributed by atoms with Crippen molar-refractivity contribution < 1.29 is 14.3 Å². The Bertz CT molecular complexity index is 422. The molecule has 1 fully saturated rings. The molecule has 1 aliphatic heterocycles. The van der Waals surface area contributed by atoms with Crippen molar-refractivity contribution in [2.45, 2.75) is 12.5 Å². The van der Waals surface area contributed by atoms with E-state index in [1.807, 2.05) is 0 Å². The van der Waals surface area contributed by atoms with E-state index in [9.17, 15) is 9.18 Å². The van der Waals surface area contributed by atoms with Gasteiger partial charge in [0.2, 0.25) is 0 Å². The van der Waals surface area contributed by atoms with Gasteiger partial charge in [-0.3, -0.25) is 0 Å². The predicted molar refractivity (Wildman–Crippen MR) is 65.6 cm³/mol. The van der Waals surface area contributed by atoms with E-state index in [2.05, 4.69) is 0 Å². The molecule has 1 saturated heterocycles. The summed E-state index contributed by atoms with van der Waals surface area (Å²) in [5.41, 5.74) is 0.929. The molecule has 0 aliphatic carbocycles. The van der Waals surface area contributed by atoms with Gasteiger partial charge >= 0.3 is 6.03 Å². The van der Waals surface area contributed by atoms with Gasteiger partial charge < -0.3 is 14.9 Å². The average Bonchev–Trinajstić information content (AvgIpc) is 2.65. The first-order chi connectivity index (χ1) is 8.63. The Morgan fingerprint density at radius 3 is 2.67 bits per heavy atom. The monoisotopic (exact) mass is 252 g/mol. The lowest BCUT2D eigenvalue weighted by Gasteiger charge is -2.17. The number of hydrogen-bond donors (Lipinski definition) is 1. The third-order valence-corrected chi connectivity index (χ3v) is 3.27. The van der Waals surface area contributed by atoms with E-state index in [4.69, 9.17) is 5.11 Å². The van der Waals surface area contributed by atoms with Crippen LogP contribution in [0.25, 0.3) is 0 Å². The smallest absolute Gasteiger partial charge is 0.320 e. The molecule has 0 radical (unpaired) electrons. The van der Waals surface area contributed by atoms with Gasteiger partial charge in [-0.1, -0.05) is 12.1 Å². The van der Waals surface area contributed by atoms with Gasteiger partial charge in [-0.05, 0) is 24.1 Å². The Kier molecular flexibility index (Phi) is 3.81. The summed E-state index contributed by atoms with van der Waals surface area (Å²) in [6.45, 7) is 1.22. The summed E-state index contributed by atoms with van der Waals surface area (Å²) in [6, 6.07) is 6.14. The molecule has 4 nitrogen and oxygen atoms in total. The second kappa shape index (κ2) is 5.35. The molecule has 2 rings (SSSR count). The van der Waals surface area contributed by atoms with Crippen LogP contribution in [0.4, 0.5) is 9.18 Å². The number of likely N-dealkylation sites (N-methyl/N-ethyl adjacent to an activating group) is 1. The fourth-order valence-electron chi connectivity index (χ4n) is 2.23. The molecule has 1 atom stereocenters. The molecule has 18 heavy (non-hydrogen) atoms. The summed E-state index contributed by atoms with van der Waals surface area (Å²) in [5.74, 6) is -0.275. The Morgan fingerprint density at radius 1 is 1.39 bits per heavy atom. The molecular weight excluding hydrogens is 235 g/mol. The van der Waals surface area contributed by atoms with Crippen molar-refractivity contribution in [3.8, 4) is 0 Å². The van der Waals surface area contributed by atoms with Crippen molar-refractivity contribution in [1.29, 1.82) is 0 Å². The van der Waals surface area contributed by atoms with Crippen LogP contribution in [-0.4, -0.2) is 47.7 Å². The SMILES string of the molecule is CN1C(=O)N(CCCO)CC1c1ccc(F)cc1. The van der Waals surface area contributed by atoms with Gasteiger partial charge in [-0.25, -0.2) is 9.18 Å². The molecule has 0 aromatic heterocycles. The number of benzene rings is 1. The summed E-state index contributed by atoms with van der Waals surface area (Å²) in [5, 5.41) is 8.80. The van der Waals surface area contributed by atoms with Crippen molar-refractivity contribution >= 4 is 6.03 Å². The normalized spacial score (nSPS) is 19.7. The maximum Gasteiger partial charge on any atom is 0.320 e. The van der Waals surface area contributed by atoms with E-state index in [0.29, 0.717) is 19.5 Å². The molecule has 1 aliphatic rings. The quantitative estimate of drug-likeness (QED) is 0.885. The molecule has 0 bridgehead atoms. The lowest BCUT2D eigenvalue weighted by atomic mass is 10.1. The van der Waals surface area contributed by atoms with Crippen molar-refractivity contribution in [3.63, 3.8) is 0 Å². The minimum absolute atomic E-state index is 0.0437. The number of aliphatic hydroxyl groups excluding tert-OH is 1. The molecule has 5 heteroatoms. The molecule has 0 spiro atoms. The van der Waals surface area contributed by atoms with Crippen LogP contribution >= 0.6 is 0 Å². The van der Waals surface area contributed by atoms with Crippen LogP contribution in [0.1, 0.15) is 18.0 Å². The van der Waals surface area contributed by atoms with Gasteiger partial charge in [-0.15, -0.1) is 0 Å². The second-order valence-electron chi connectivity index (χ2n) is 4.48. The average molecular weight is 252 g/mol. The number of carbonyl (C=O) groups is 1. The predicted octanol–water partition coefficient (Wildman–Crippen LogP) is 1.62. The second-order valence-corrected chi connectivity index (χ2v) is 4.48. The molecule has 98 valence electrons. The molecular formula is C13H17FN2O2. The van der Waals surface area contributed by atoms with Gasteiger partial charge in [0.05, 0.1) is 6.04 Å². The number of rotatable bonds is 4. The van der Waals surface area contributed by atoms with Crippen LogP contribution < -0.4 is 0 Å². The minimum atomic E-state index is -0.275. The molecule has 2 amide bonds. The highest BCUT2D eigenvalue weighted by Crippen LogP contribution is 2.28. The Hall–Kier alpha value is -1.62. The van der Waals surface area contributed by atoms with Crippen LogP contribution in [0.15, 0.2) is 24.3 Å². The van der Waals surface area contributed by atoms with E-state index >= 15 is 0 Å². The standard InChI is InChI=1S/C13H17FN2O2/c1-15-12(10-3-5-11(14)6-4-10)9-16(13(15)18)7-2-8-17/h3-6,12,17H,2,7-9H2,1H3. The highest BCUT2D eigenvalue weighted by atomic mass is 19.1. The molecule has 1 unspecified atom stereocenters. The first-order valence-electron chi connectivity index (χ1n) is 6.01. The zero-order valence-corrected chi connectivity index (χ0v) is 10.3.